The molecule has 3 amide bonds. The van der Waals surface area contributed by atoms with Crippen LogP contribution in [0.3, 0.4) is 0 Å². The molecule has 3 N–H and O–H groups in total. The van der Waals surface area contributed by atoms with Crippen molar-refractivity contribution in [3.05, 3.63) is 63.7 Å². The summed E-state index contributed by atoms with van der Waals surface area (Å²) in [6, 6.07) is 5.17. The summed E-state index contributed by atoms with van der Waals surface area (Å²) in [7, 11) is 0. The Morgan fingerprint density at radius 3 is 2.66 bits per heavy atom. The average Bonchev–Trinajstić information content (AvgIpc) is 3.32. The molecule has 0 saturated carbocycles. The fourth-order valence-corrected chi connectivity index (χ4v) is 4.47. The lowest BCUT2D eigenvalue weighted by molar-refractivity contribution is -0.137. The normalized spacial score (nSPS) is 17.2. The molecule has 2 heterocycles. The van der Waals surface area contributed by atoms with Gasteiger partial charge in [-0.15, -0.1) is 0 Å². The van der Waals surface area contributed by atoms with E-state index in [0.29, 0.717) is 24.3 Å². The molecular formula is C26H30BrFN4O6. The number of hydrogen-bond acceptors (Lipinski definition) is 7. The molecular weight excluding hydrogens is 563 g/mol. The Morgan fingerprint density at radius 1 is 1.29 bits per heavy atom. The molecule has 3 atom stereocenters. The molecule has 204 valence electrons. The van der Waals surface area contributed by atoms with Crippen molar-refractivity contribution in [2.45, 2.75) is 51.6 Å². The van der Waals surface area contributed by atoms with Gasteiger partial charge in [0, 0.05) is 31.0 Å². The minimum absolute atomic E-state index is 0.000200. The van der Waals surface area contributed by atoms with Gasteiger partial charge in [-0.1, -0.05) is 17.3 Å². The third-order valence-electron chi connectivity index (χ3n) is 5.92. The number of nitrogens with zero attached hydrogens (tertiary/aromatic N) is 1. The van der Waals surface area contributed by atoms with Crippen molar-refractivity contribution in [3.8, 4) is 0 Å². The zero-order valence-electron chi connectivity index (χ0n) is 21.1. The highest BCUT2D eigenvalue weighted by Crippen LogP contribution is 2.20. The van der Waals surface area contributed by atoms with Gasteiger partial charge in [-0.2, -0.15) is 0 Å². The first-order valence-electron chi connectivity index (χ1n) is 12.3. The van der Waals surface area contributed by atoms with Crippen LogP contribution >= 0.6 is 15.9 Å². The predicted molar refractivity (Wildman–Crippen MR) is 139 cm³/mol. The highest BCUT2D eigenvalue weighted by molar-refractivity contribution is 9.12. The van der Waals surface area contributed by atoms with E-state index in [4.69, 9.17) is 9.26 Å². The highest BCUT2D eigenvalue weighted by atomic mass is 79.9. The summed E-state index contributed by atoms with van der Waals surface area (Å²) in [5, 5.41) is 12.0. The van der Waals surface area contributed by atoms with Crippen LogP contribution in [-0.2, 0) is 25.5 Å². The summed E-state index contributed by atoms with van der Waals surface area (Å²) in [6.45, 7) is 4.05. The number of carbonyl (C=O) groups is 4. The van der Waals surface area contributed by atoms with E-state index in [1.807, 2.05) is 0 Å². The number of hydrogen-bond donors (Lipinski definition) is 3. The lowest BCUT2D eigenvalue weighted by Crippen LogP contribution is -2.51. The van der Waals surface area contributed by atoms with E-state index in [9.17, 15) is 23.6 Å². The number of carbonyl (C=O) groups excluding carboxylic acids is 4. The van der Waals surface area contributed by atoms with Gasteiger partial charge >= 0.3 is 5.97 Å². The molecule has 0 spiro atoms. The molecule has 0 bridgehead atoms. The molecule has 0 unspecified atom stereocenters. The van der Waals surface area contributed by atoms with Crippen molar-refractivity contribution in [1.29, 1.82) is 0 Å². The molecule has 1 aromatic heterocycles. The molecule has 12 heteroatoms. The Morgan fingerprint density at radius 2 is 2.03 bits per heavy atom. The highest BCUT2D eigenvalue weighted by Gasteiger charge is 2.29. The number of rotatable bonds is 11. The average molecular weight is 593 g/mol. The van der Waals surface area contributed by atoms with Gasteiger partial charge in [0.05, 0.1) is 6.61 Å². The molecule has 3 rings (SSSR count). The van der Waals surface area contributed by atoms with Gasteiger partial charge in [0.1, 0.15) is 22.1 Å². The van der Waals surface area contributed by atoms with Gasteiger partial charge in [-0.3, -0.25) is 14.4 Å². The van der Waals surface area contributed by atoms with E-state index in [0.717, 1.165) is 6.42 Å². The Bertz CT molecular complexity index is 1180. The molecule has 1 aromatic carbocycles. The largest absolute Gasteiger partial charge is 0.462 e. The second kappa shape index (κ2) is 13.8. The van der Waals surface area contributed by atoms with Crippen LogP contribution in [0.2, 0.25) is 0 Å². The lowest BCUT2D eigenvalue weighted by atomic mass is 9.91. The second-order valence-corrected chi connectivity index (χ2v) is 9.75. The van der Waals surface area contributed by atoms with E-state index in [1.54, 1.807) is 13.8 Å². The number of ether oxygens (including phenoxy) is 1. The van der Waals surface area contributed by atoms with Gasteiger partial charge in [-0.25, -0.2) is 9.18 Å². The van der Waals surface area contributed by atoms with Crippen LogP contribution in [0.25, 0.3) is 0 Å². The Hall–Kier alpha value is -3.54. The zero-order chi connectivity index (χ0) is 27.7. The van der Waals surface area contributed by atoms with E-state index in [1.165, 1.54) is 36.4 Å². The molecule has 1 aliphatic heterocycles. The van der Waals surface area contributed by atoms with E-state index in [-0.39, 0.29) is 41.4 Å². The van der Waals surface area contributed by atoms with E-state index < -0.39 is 35.7 Å². The Kier molecular flexibility index (Phi) is 10.6. The molecule has 1 aliphatic rings. The first kappa shape index (κ1) is 29.0. The maximum Gasteiger partial charge on any atom is 0.344 e. The molecule has 2 aromatic rings. The number of halogens is 2. The maximum absolute atomic E-state index is 13.5. The summed E-state index contributed by atoms with van der Waals surface area (Å²) >= 11 is 3.20. The second-order valence-electron chi connectivity index (χ2n) is 8.90. The standard InChI is InChI=1S/C26H30BrFN4O6/c1-3-37-26(36)20(27)14-19(13-17-5-4-10-29-23(17)33)30-24(34)21(12-16-6-8-18(28)9-7-16)31-25(35)22-11-15(2)38-32-22/h6-9,11,14,17,19,21H,3-5,10,12-13H2,1-2H3,(H,29,33)(H,30,34)(H,31,35)/t17-,19-,21-/m0/s1. The Balaban J connectivity index is 1.84. The first-order chi connectivity index (χ1) is 18.2. The number of esters is 1. The molecule has 0 radical (unpaired) electrons. The summed E-state index contributed by atoms with van der Waals surface area (Å²) in [5.74, 6) is -2.33. The Labute approximate surface area is 227 Å². The lowest BCUT2D eigenvalue weighted by Gasteiger charge is -2.27. The zero-order valence-corrected chi connectivity index (χ0v) is 22.7. The number of aromatic nitrogens is 1. The van der Waals surface area contributed by atoms with Crippen molar-refractivity contribution in [1.82, 2.24) is 21.1 Å². The summed E-state index contributed by atoms with van der Waals surface area (Å²) < 4.78 is 23.5. The minimum Gasteiger partial charge on any atom is -0.462 e. The number of piperidine rings is 1. The number of amides is 3. The van der Waals surface area contributed by atoms with Crippen LogP contribution < -0.4 is 16.0 Å². The van der Waals surface area contributed by atoms with Gasteiger partial charge < -0.3 is 25.2 Å². The minimum atomic E-state index is -1.08. The van der Waals surface area contributed by atoms with Gasteiger partial charge in [0.2, 0.25) is 11.8 Å². The van der Waals surface area contributed by atoms with Gasteiger partial charge in [0.25, 0.3) is 5.91 Å². The molecule has 1 saturated heterocycles. The van der Waals surface area contributed by atoms with Crippen molar-refractivity contribution < 1.29 is 32.8 Å². The first-order valence-corrected chi connectivity index (χ1v) is 13.1. The molecule has 0 aliphatic carbocycles. The number of aryl methyl sites for hydroxylation is 1. The van der Waals surface area contributed by atoms with Crippen LogP contribution in [0, 0.1) is 18.7 Å². The fraction of sp³-hybridized carbons (Fsp3) is 0.423. The molecule has 38 heavy (non-hydrogen) atoms. The SMILES string of the molecule is CCOC(=O)C(Br)=C[C@H](C[C@@H]1CCCNC1=O)NC(=O)[C@H](Cc1ccc(F)cc1)NC(=O)c1cc(C)on1. The summed E-state index contributed by atoms with van der Waals surface area (Å²) in [5.41, 5.74) is 0.606. The van der Waals surface area contributed by atoms with Crippen molar-refractivity contribution in [2.24, 2.45) is 5.92 Å². The fourth-order valence-electron chi connectivity index (χ4n) is 4.03. The number of nitrogens with one attached hydrogen (secondary N) is 3. The van der Waals surface area contributed by atoms with Crippen LogP contribution in [0.4, 0.5) is 4.39 Å². The van der Waals surface area contributed by atoms with Crippen molar-refractivity contribution in [3.63, 3.8) is 0 Å². The van der Waals surface area contributed by atoms with Crippen LogP contribution in [0.5, 0.6) is 0 Å². The van der Waals surface area contributed by atoms with Crippen molar-refractivity contribution in [2.75, 3.05) is 13.2 Å². The van der Waals surface area contributed by atoms with Gasteiger partial charge in [0.15, 0.2) is 5.69 Å². The summed E-state index contributed by atoms with van der Waals surface area (Å²) in [4.78, 5) is 50.9. The molecule has 1 fully saturated rings. The predicted octanol–water partition coefficient (Wildman–Crippen LogP) is 2.71. The van der Waals surface area contributed by atoms with Crippen LogP contribution in [0.15, 0.2) is 45.4 Å². The topological polar surface area (TPSA) is 140 Å². The van der Waals surface area contributed by atoms with Crippen LogP contribution in [0.1, 0.15) is 48.0 Å². The van der Waals surface area contributed by atoms with Gasteiger partial charge in [-0.05, 0) is 72.8 Å². The third-order valence-corrected chi connectivity index (χ3v) is 6.51. The van der Waals surface area contributed by atoms with Crippen molar-refractivity contribution >= 4 is 39.6 Å². The van der Waals surface area contributed by atoms with E-state index >= 15 is 0 Å². The van der Waals surface area contributed by atoms with Crippen LogP contribution in [-0.4, -0.2) is 54.1 Å². The summed E-state index contributed by atoms with van der Waals surface area (Å²) in [6.07, 6.45) is 3.18. The molecule has 10 nitrogen and oxygen atoms in total. The quantitative estimate of drug-likeness (QED) is 0.269. The maximum atomic E-state index is 13.5. The number of benzene rings is 1. The third kappa shape index (κ3) is 8.51. The smallest absolute Gasteiger partial charge is 0.344 e. The monoisotopic (exact) mass is 592 g/mol. The van der Waals surface area contributed by atoms with E-state index in [2.05, 4.69) is 37.0 Å².